The van der Waals surface area contributed by atoms with Crippen LogP contribution < -0.4 is 5.32 Å². The number of carbonyl (C=O) groups excluding carboxylic acids is 1. The lowest BCUT2D eigenvalue weighted by Crippen LogP contribution is -2.57. The molecule has 0 aliphatic carbocycles. The Morgan fingerprint density at radius 1 is 1.56 bits per heavy atom. The van der Waals surface area contributed by atoms with E-state index in [2.05, 4.69) is 21.2 Å². The zero-order valence-corrected chi connectivity index (χ0v) is 10.5. The van der Waals surface area contributed by atoms with Crippen molar-refractivity contribution in [2.45, 2.75) is 6.04 Å². The predicted molar refractivity (Wildman–Crippen MR) is 64.6 cm³/mol. The SMILES string of the molecule is CN(C(=O)c1ccc(Br)c(O)c1)C1CNC1. The van der Waals surface area contributed by atoms with Gasteiger partial charge in [0, 0.05) is 25.7 Å². The van der Waals surface area contributed by atoms with Crippen molar-refractivity contribution in [3.05, 3.63) is 28.2 Å². The zero-order chi connectivity index (χ0) is 11.7. The molecule has 1 amide bonds. The number of rotatable bonds is 2. The molecule has 1 aliphatic heterocycles. The third kappa shape index (κ3) is 2.05. The standard InChI is InChI=1S/C11H13BrN2O2/c1-14(8-5-13-6-8)11(16)7-2-3-9(12)10(15)4-7/h2-4,8,13,15H,5-6H2,1H3. The second-order valence-corrected chi connectivity index (χ2v) is 4.75. The molecule has 1 saturated heterocycles. The molecule has 1 aromatic carbocycles. The first-order valence-corrected chi connectivity index (χ1v) is 5.85. The molecule has 4 nitrogen and oxygen atoms in total. The second kappa shape index (κ2) is 4.43. The number of nitrogens with one attached hydrogen (secondary N) is 1. The Labute approximate surface area is 102 Å². The maximum atomic E-state index is 12.0. The molecule has 0 bridgehead atoms. The molecular weight excluding hydrogens is 272 g/mol. The van der Waals surface area contributed by atoms with E-state index in [4.69, 9.17) is 0 Å². The van der Waals surface area contributed by atoms with Gasteiger partial charge < -0.3 is 15.3 Å². The van der Waals surface area contributed by atoms with Crippen LogP contribution in [0.3, 0.4) is 0 Å². The summed E-state index contributed by atoms with van der Waals surface area (Å²) in [4.78, 5) is 13.7. The first kappa shape index (κ1) is 11.4. The molecule has 0 unspecified atom stereocenters. The largest absolute Gasteiger partial charge is 0.507 e. The highest BCUT2D eigenvalue weighted by Crippen LogP contribution is 2.25. The summed E-state index contributed by atoms with van der Waals surface area (Å²) in [5, 5.41) is 12.6. The van der Waals surface area contributed by atoms with Crippen LogP contribution >= 0.6 is 15.9 Å². The van der Waals surface area contributed by atoms with Gasteiger partial charge in [-0.1, -0.05) is 0 Å². The summed E-state index contributed by atoms with van der Waals surface area (Å²) in [7, 11) is 1.78. The van der Waals surface area contributed by atoms with E-state index in [1.165, 1.54) is 6.07 Å². The Morgan fingerprint density at radius 3 is 2.75 bits per heavy atom. The minimum Gasteiger partial charge on any atom is -0.507 e. The fourth-order valence-corrected chi connectivity index (χ4v) is 1.81. The van der Waals surface area contributed by atoms with Crippen LogP contribution in [0.25, 0.3) is 0 Å². The Hall–Kier alpha value is -1.07. The van der Waals surface area contributed by atoms with Crippen molar-refractivity contribution in [2.75, 3.05) is 20.1 Å². The number of halogens is 1. The molecule has 0 atom stereocenters. The van der Waals surface area contributed by atoms with Crippen molar-refractivity contribution in [3.8, 4) is 5.75 Å². The van der Waals surface area contributed by atoms with E-state index in [0.717, 1.165) is 13.1 Å². The molecule has 0 aromatic heterocycles. The fraction of sp³-hybridized carbons (Fsp3) is 0.364. The van der Waals surface area contributed by atoms with Gasteiger partial charge in [-0.05, 0) is 34.1 Å². The van der Waals surface area contributed by atoms with Gasteiger partial charge in [0.05, 0.1) is 10.5 Å². The number of nitrogens with zero attached hydrogens (tertiary/aromatic N) is 1. The third-order valence-corrected chi connectivity index (χ3v) is 3.49. The summed E-state index contributed by atoms with van der Waals surface area (Å²) < 4.78 is 0.594. The van der Waals surface area contributed by atoms with Gasteiger partial charge in [-0.3, -0.25) is 4.79 Å². The molecule has 0 radical (unpaired) electrons. The summed E-state index contributed by atoms with van der Waals surface area (Å²) in [6.07, 6.45) is 0. The van der Waals surface area contributed by atoms with Crippen molar-refractivity contribution in [2.24, 2.45) is 0 Å². The average Bonchev–Trinajstić information content (AvgIpc) is 2.18. The van der Waals surface area contributed by atoms with Crippen LogP contribution in [0.4, 0.5) is 0 Å². The van der Waals surface area contributed by atoms with Crippen LogP contribution in [0.1, 0.15) is 10.4 Å². The lowest BCUT2D eigenvalue weighted by atomic mass is 10.1. The van der Waals surface area contributed by atoms with Gasteiger partial charge >= 0.3 is 0 Å². The topological polar surface area (TPSA) is 52.6 Å². The number of hydrogen-bond acceptors (Lipinski definition) is 3. The number of carbonyl (C=O) groups is 1. The molecule has 1 fully saturated rings. The number of benzene rings is 1. The van der Waals surface area contributed by atoms with E-state index >= 15 is 0 Å². The quantitative estimate of drug-likeness (QED) is 0.858. The molecule has 16 heavy (non-hydrogen) atoms. The lowest BCUT2D eigenvalue weighted by Gasteiger charge is -2.35. The number of phenolic OH excluding ortho intramolecular Hbond substituents is 1. The Kier molecular flexibility index (Phi) is 3.16. The number of aromatic hydroxyl groups is 1. The van der Waals surface area contributed by atoms with Crippen LogP contribution in [0, 0.1) is 0 Å². The maximum absolute atomic E-state index is 12.0. The highest BCUT2D eigenvalue weighted by atomic mass is 79.9. The number of hydrogen-bond donors (Lipinski definition) is 2. The van der Waals surface area contributed by atoms with Gasteiger partial charge in [-0.2, -0.15) is 0 Å². The van der Waals surface area contributed by atoms with E-state index in [1.54, 1.807) is 24.1 Å². The fourth-order valence-electron chi connectivity index (χ4n) is 1.56. The van der Waals surface area contributed by atoms with Gasteiger partial charge in [0.15, 0.2) is 0 Å². The van der Waals surface area contributed by atoms with Crippen LogP contribution in [-0.2, 0) is 0 Å². The summed E-state index contributed by atoms with van der Waals surface area (Å²) in [6, 6.07) is 5.12. The molecule has 0 saturated carbocycles. The monoisotopic (exact) mass is 284 g/mol. The maximum Gasteiger partial charge on any atom is 0.254 e. The Balaban J connectivity index is 2.16. The lowest BCUT2D eigenvalue weighted by molar-refractivity contribution is 0.0681. The van der Waals surface area contributed by atoms with Gasteiger partial charge in [0.2, 0.25) is 0 Å². The highest BCUT2D eigenvalue weighted by molar-refractivity contribution is 9.10. The molecule has 2 N–H and O–H groups in total. The van der Waals surface area contributed by atoms with Gasteiger partial charge in [0.1, 0.15) is 5.75 Å². The second-order valence-electron chi connectivity index (χ2n) is 3.89. The number of likely N-dealkylation sites (N-methyl/N-ethyl adjacent to an activating group) is 1. The minimum atomic E-state index is -0.0608. The van der Waals surface area contributed by atoms with Crippen molar-refractivity contribution in [3.63, 3.8) is 0 Å². The normalized spacial score (nSPS) is 15.6. The number of amides is 1. The van der Waals surface area contributed by atoms with Crippen LogP contribution in [0.2, 0.25) is 0 Å². The van der Waals surface area contributed by atoms with Crippen molar-refractivity contribution in [1.29, 1.82) is 0 Å². The van der Waals surface area contributed by atoms with Gasteiger partial charge in [-0.15, -0.1) is 0 Å². The number of phenols is 1. The Bertz CT molecular complexity index is 418. The average molecular weight is 285 g/mol. The van der Waals surface area contributed by atoms with Crippen LogP contribution in [0.5, 0.6) is 5.75 Å². The van der Waals surface area contributed by atoms with E-state index < -0.39 is 0 Å². The van der Waals surface area contributed by atoms with Crippen molar-refractivity contribution >= 4 is 21.8 Å². The molecular formula is C11H13BrN2O2. The van der Waals surface area contributed by atoms with E-state index in [1.807, 2.05) is 0 Å². The molecule has 1 aliphatic rings. The van der Waals surface area contributed by atoms with Crippen molar-refractivity contribution in [1.82, 2.24) is 10.2 Å². The molecule has 86 valence electrons. The molecule has 5 heteroatoms. The van der Waals surface area contributed by atoms with Gasteiger partial charge in [-0.25, -0.2) is 0 Å². The first-order valence-electron chi connectivity index (χ1n) is 5.06. The van der Waals surface area contributed by atoms with Crippen LogP contribution in [0.15, 0.2) is 22.7 Å². The van der Waals surface area contributed by atoms with Crippen molar-refractivity contribution < 1.29 is 9.90 Å². The smallest absolute Gasteiger partial charge is 0.254 e. The van der Waals surface area contributed by atoms with Gasteiger partial charge in [0.25, 0.3) is 5.91 Å². The minimum absolute atomic E-state index is 0.0608. The highest BCUT2D eigenvalue weighted by Gasteiger charge is 2.26. The molecule has 1 aromatic rings. The third-order valence-electron chi connectivity index (χ3n) is 2.82. The molecule has 1 heterocycles. The predicted octanol–water partition coefficient (Wildman–Crippen LogP) is 1.20. The van der Waals surface area contributed by atoms with E-state index in [-0.39, 0.29) is 17.7 Å². The van der Waals surface area contributed by atoms with E-state index in [9.17, 15) is 9.90 Å². The van der Waals surface area contributed by atoms with E-state index in [0.29, 0.717) is 10.0 Å². The molecule has 2 rings (SSSR count). The van der Waals surface area contributed by atoms with Crippen LogP contribution in [-0.4, -0.2) is 42.1 Å². The Morgan fingerprint density at radius 2 is 2.25 bits per heavy atom. The first-order chi connectivity index (χ1) is 7.59. The summed E-state index contributed by atoms with van der Waals surface area (Å²) in [6.45, 7) is 1.68. The summed E-state index contributed by atoms with van der Waals surface area (Å²) >= 11 is 3.18. The summed E-state index contributed by atoms with van der Waals surface area (Å²) in [5.74, 6) is 0.0280. The molecule has 0 spiro atoms. The zero-order valence-electron chi connectivity index (χ0n) is 8.90. The summed E-state index contributed by atoms with van der Waals surface area (Å²) in [5.41, 5.74) is 0.509.